The predicted octanol–water partition coefficient (Wildman–Crippen LogP) is -1.54. The van der Waals surface area contributed by atoms with Crippen molar-refractivity contribution in [2.24, 2.45) is 5.73 Å². The van der Waals surface area contributed by atoms with Crippen LogP contribution in [0, 0.1) is 0 Å². The standard InChI is InChI=1S/C13H21N3O5/c14-4-2-1-3-8-6-16(13(20)15-12(8)19)11-5-9(18)10(7-17)21-11/h6,9-11,17-18H,1-5,7,14H2,(H,15,19,20)/t9-,10+,11+/m0/s1. The number of nitrogens with zero attached hydrogens (tertiary/aromatic N) is 1. The van der Waals surface area contributed by atoms with Crippen molar-refractivity contribution < 1.29 is 14.9 Å². The van der Waals surface area contributed by atoms with E-state index in [1.165, 1.54) is 10.8 Å². The molecule has 2 heterocycles. The highest BCUT2D eigenvalue weighted by atomic mass is 16.5. The van der Waals surface area contributed by atoms with Crippen LogP contribution in [0.1, 0.15) is 31.1 Å². The van der Waals surface area contributed by atoms with Crippen LogP contribution in [-0.2, 0) is 11.2 Å². The molecule has 2 rings (SSSR count). The van der Waals surface area contributed by atoms with E-state index in [-0.39, 0.29) is 13.0 Å². The third-order valence-corrected chi connectivity index (χ3v) is 3.64. The number of unbranched alkanes of at least 4 members (excludes halogenated alkanes) is 1. The van der Waals surface area contributed by atoms with E-state index in [4.69, 9.17) is 15.6 Å². The van der Waals surface area contributed by atoms with Crippen LogP contribution in [0.15, 0.2) is 15.8 Å². The van der Waals surface area contributed by atoms with E-state index in [9.17, 15) is 14.7 Å². The van der Waals surface area contributed by atoms with E-state index in [0.717, 1.165) is 12.8 Å². The van der Waals surface area contributed by atoms with Gasteiger partial charge in [-0.2, -0.15) is 0 Å². The van der Waals surface area contributed by atoms with Crippen molar-refractivity contribution in [3.63, 3.8) is 0 Å². The van der Waals surface area contributed by atoms with Gasteiger partial charge >= 0.3 is 5.69 Å². The molecule has 0 bridgehead atoms. The first kappa shape index (κ1) is 15.9. The topological polar surface area (TPSA) is 131 Å². The van der Waals surface area contributed by atoms with Crippen LogP contribution in [0.5, 0.6) is 0 Å². The van der Waals surface area contributed by atoms with Crippen LogP contribution < -0.4 is 17.0 Å². The number of hydrogen-bond donors (Lipinski definition) is 4. The van der Waals surface area contributed by atoms with Crippen molar-refractivity contribution in [2.75, 3.05) is 13.2 Å². The van der Waals surface area contributed by atoms with Crippen LogP contribution in [0.4, 0.5) is 0 Å². The number of aromatic nitrogens is 2. The van der Waals surface area contributed by atoms with Crippen molar-refractivity contribution in [2.45, 2.75) is 44.1 Å². The molecule has 0 spiro atoms. The molecule has 0 saturated carbocycles. The highest BCUT2D eigenvalue weighted by Crippen LogP contribution is 2.27. The molecule has 1 aromatic rings. The number of aromatic amines is 1. The summed E-state index contributed by atoms with van der Waals surface area (Å²) in [4.78, 5) is 25.9. The van der Waals surface area contributed by atoms with Crippen molar-refractivity contribution in [1.29, 1.82) is 0 Å². The second-order valence-corrected chi connectivity index (χ2v) is 5.18. The molecule has 0 aromatic carbocycles. The molecule has 21 heavy (non-hydrogen) atoms. The summed E-state index contributed by atoms with van der Waals surface area (Å²) in [5.74, 6) is 0. The van der Waals surface area contributed by atoms with Gasteiger partial charge in [-0.1, -0.05) is 0 Å². The Balaban J connectivity index is 2.22. The third-order valence-electron chi connectivity index (χ3n) is 3.64. The lowest BCUT2D eigenvalue weighted by atomic mass is 10.1. The summed E-state index contributed by atoms with van der Waals surface area (Å²) in [6.07, 6.45) is 1.50. The molecule has 8 heteroatoms. The molecule has 0 radical (unpaired) electrons. The number of ether oxygens (including phenoxy) is 1. The summed E-state index contributed by atoms with van der Waals surface area (Å²) in [5, 5.41) is 18.8. The maximum absolute atomic E-state index is 11.9. The van der Waals surface area contributed by atoms with Gasteiger partial charge in [0.25, 0.3) is 5.56 Å². The zero-order chi connectivity index (χ0) is 15.4. The molecule has 8 nitrogen and oxygen atoms in total. The molecule has 3 atom stereocenters. The smallest absolute Gasteiger partial charge is 0.330 e. The Morgan fingerprint density at radius 1 is 1.43 bits per heavy atom. The number of hydrogen-bond acceptors (Lipinski definition) is 6. The zero-order valence-electron chi connectivity index (χ0n) is 11.7. The van der Waals surface area contributed by atoms with Gasteiger partial charge in [0.1, 0.15) is 12.3 Å². The molecule has 1 saturated heterocycles. The molecule has 0 aliphatic carbocycles. The van der Waals surface area contributed by atoms with Gasteiger partial charge in [-0.3, -0.25) is 14.3 Å². The Morgan fingerprint density at radius 2 is 2.19 bits per heavy atom. The average molecular weight is 299 g/mol. The Labute approximate surface area is 121 Å². The van der Waals surface area contributed by atoms with Crippen LogP contribution in [0.25, 0.3) is 0 Å². The van der Waals surface area contributed by atoms with Gasteiger partial charge in [-0.05, 0) is 25.8 Å². The summed E-state index contributed by atoms with van der Waals surface area (Å²) < 4.78 is 6.69. The first-order chi connectivity index (χ1) is 10.1. The van der Waals surface area contributed by atoms with Crippen molar-refractivity contribution in [3.05, 3.63) is 32.6 Å². The highest BCUT2D eigenvalue weighted by molar-refractivity contribution is 5.05. The van der Waals surface area contributed by atoms with Gasteiger partial charge in [-0.25, -0.2) is 4.79 Å². The van der Waals surface area contributed by atoms with E-state index >= 15 is 0 Å². The summed E-state index contributed by atoms with van der Waals surface area (Å²) in [6, 6.07) is 0. The summed E-state index contributed by atoms with van der Waals surface area (Å²) in [6.45, 7) is 0.229. The zero-order valence-corrected chi connectivity index (χ0v) is 11.7. The van der Waals surface area contributed by atoms with Gasteiger partial charge in [0.05, 0.1) is 12.7 Å². The fourth-order valence-electron chi connectivity index (χ4n) is 2.43. The van der Waals surface area contributed by atoms with E-state index in [2.05, 4.69) is 4.98 Å². The van der Waals surface area contributed by atoms with Crippen LogP contribution in [0.2, 0.25) is 0 Å². The predicted molar refractivity (Wildman–Crippen MR) is 74.9 cm³/mol. The quantitative estimate of drug-likeness (QED) is 0.471. The largest absolute Gasteiger partial charge is 0.394 e. The van der Waals surface area contributed by atoms with Gasteiger partial charge in [0.2, 0.25) is 0 Å². The average Bonchev–Trinajstić information content (AvgIpc) is 2.82. The van der Waals surface area contributed by atoms with E-state index in [0.29, 0.717) is 18.5 Å². The molecule has 1 aliphatic rings. The summed E-state index contributed by atoms with van der Waals surface area (Å²) in [7, 11) is 0. The molecular weight excluding hydrogens is 278 g/mol. The second kappa shape index (κ2) is 6.99. The first-order valence-corrected chi connectivity index (χ1v) is 7.05. The van der Waals surface area contributed by atoms with Crippen molar-refractivity contribution >= 4 is 0 Å². The molecule has 1 fully saturated rings. The van der Waals surface area contributed by atoms with E-state index < -0.39 is 29.7 Å². The van der Waals surface area contributed by atoms with Crippen LogP contribution in [-0.4, -0.2) is 45.1 Å². The first-order valence-electron chi connectivity index (χ1n) is 7.05. The molecule has 0 amide bonds. The third kappa shape index (κ3) is 3.59. The minimum atomic E-state index is -0.834. The fraction of sp³-hybridized carbons (Fsp3) is 0.692. The molecule has 0 unspecified atom stereocenters. The summed E-state index contributed by atoms with van der Waals surface area (Å²) in [5.41, 5.74) is 4.90. The monoisotopic (exact) mass is 299 g/mol. The lowest BCUT2D eigenvalue weighted by Gasteiger charge is -2.15. The Morgan fingerprint density at radius 3 is 2.81 bits per heavy atom. The lowest BCUT2D eigenvalue weighted by molar-refractivity contribution is -0.0460. The molecular formula is C13H21N3O5. The molecule has 1 aromatic heterocycles. The fourth-order valence-corrected chi connectivity index (χ4v) is 2.43. The number of aryl methyl sites for hydroxylation is 1. The number of aliphatic hydroxyl groups is 2. The lowest BCUT2D eigenvalue weighted by Crippen LogP contribution is -2.34. The van der Waals surface area contributed by atoms with Gasteiger partial charge in [0.15, 0.2) is 0 Å². The highest BCUT2D eigenvalue weighted by Gasteiger charge is 2.35. The van der Waals surface area contributed by atoms with Crippen molar-refractivity contribution in [3.8, 4) is 0 Å². The van der Waals surface area contributed by atoms with Gasteiger partial charge < -0.3 is 20.7 Å². The van der Waals surface area contributed by atoms with E-state index in [1.54, 1.807) is 0 Å². The summed E-state index contributed by atoms with van der Waals surface area (Å²) >= 11 is 0. The maximum Gasteiger partial charge on any atom is 0.330 e. The minimum absolute atomic E-state index is 0.194. The Bertz CT molecular complexity index is 582. The van der Waals surface area contributed by atoms with Crippen LogP contribution in [0.3, 0.4) is 0 Å². The number of aliphatic hydroxyl groups excluding tert-OH is 2. The maximum atomic E-state index is 11.9. The molecule has 118 valence electrons. The van der Waals surface area contributed by atoms with E-state index in [1.807, 2.05) is 0 Å². The number of H-pyrrole nitrogens is 1. The molecule has 1 aliphatic heterocycles. The number of nitrogens with two attached hydrogens (primary N) is 1. The normalized spacial score (nSPS) is 25.4. The van der Waals surface area contributed by atoms with Crippen molar-refractivity contribution in [1.82, 2.24) is 9.55 Å². The van der Waals surface area contributed by atoms with Crippen LogP contribution >= 0.6 is 0 Å². The Kier molecular flexibility index (Phi) is 5.29. The second-order valence-electron chi connectivity index (χ2n) is 5.18. The Hall–Kier alpha value is -1.48. The van der Waals surface area contributed by atoms with Gasteiger partial charge in [0, 0.05) is 18.2 Å². The molecule has 5 N–H and O–H groups in total. The SMILES string of the molecule is NCCCCc1cn([C@H]2C[C@H](O)[C@@H](CO)O2)c(=O)[nH]c1=O. The van der Waals surface area contributed by atoms with Gasteiger partial charge in [-0.15, -0.1) is 0 Å². The minimum Gasteiger partial charge on any atom is -0.394 e. The number of nitrogens with one attached hydrogen (secondary N) is 1. The number of rotatable bonds is 6.